The van der Waals surface area contributed by atoms with Crippen LogP contribution in [0, 0.1) is 0 Å². The van der Waals surface area contributed by atoms with Gasteiger partial charge in [0.2, 0.25) is 0 Å². The van der Waals surface area contributed by atoms with Crippen LogP contribution in [0.3, 0.4) is 0 Å². The molecule has 0 radical (unpaired) electrons. The monoisotopic (exact) mass is 516 g/mol. The molecule has 1 aromatic heterocycles. The molecule has 1 heterocycles. The van der Waals surface area contributed by atoms with E-state index in [2.05, 4.69) is 37.5 Å². The number of benzene rings is 1. The number of methoxy groups -OCH3 is 1. The maximum Gasteiger partial charge on any atom is 0.420 e. The molecule has 1 N–H and O–H groups in total. The number of hydrogen-bond acceptors (Lipinski definition) is 7. The number of amides is 1. The lowest BCUT2D eigenvalue weighted by Gasteiger charge is -2.20. The molecule has 1 aromatic carbocycles. The molecule has 0 spiro atoms. The van der Waals surface area contributed by atoms with Crippen molar-refractivity contribution < 1.29 is 14.3 Å². The molecule has 0 atom stereocenters. The number of carbonyl (C=O) groups is 1. The summed E-state index contributed by atoms with van der Waals surface area (Å²) in [5.74, 6) is 0.437. The fourth-order valence-corrected chi connectivity index (χ4v) is 3.65. The maximum absolute atomic E-state index is 12.0. The summed E-state index contributed by atoms with van der Waals surface area (Å²) in [6.45, 7) is 2.80. The molecule has 0 saturated carbocycles. The Balaban J connectivity index is 1.87. The maximum atomic E-state index is 12.0. The third-order valence-corrected chi connectivity index (χ3v) is 5.68. The van der Waals surface area contributed by atoms with Crippen molar-refractivity contribution in [3.8, 4) is 11.8 Å². The van der Waals surface area contributed by atoms with Crippen LogP contribution in [-0.2, 0) is 4.74 Å². The molecule has 0 bridgehead atoms. The van der Waals surface area contributed by atoms with Crippen LogP contribution in [0.5, 0.6) is 11.8 Å². The first kappa shape index (κ1) is 24.6. The third kappa shape index (κ3) is 8.57. The van der Waals surface area contributed by atoms with Crippen molar-refractivity contribution in [2.24, 2.45) is 0 Å². The van der Waals surface area contributed by atoms with Crippen LogP contribution < -0.4 is 9.46 Å². The van der Waals surface area contributed by atoms with E-state index in [0.717, 1.165) is 23.0 Å². The smallest absolute Gasteiger partial charge is 0.420 e. The summed E-state index contributed by atoms with van der Waals surface area (Å²) in [5.41, 5.74) is 0.728. The molecular weight excluding hydrogens is 492 g/mol. The van der Waals surface area contributed by atoms with Crippen molar-refractivity contribution in [1.82, 2.24) is 14.3 Å². The van der Waals surface area contributed by atoms with Gasteiger partial charge in [-0.15, -0.1) is 0 Å². The van der Waals surface area contributed by atoms with Gasteiger partial charge >= 0.3 is 12.1 Å². The SMILES string of the molecule is CCCCCCCCN(SNc1ccc(Oc2ncc(Br)cn2)c(Cl)c1)C(=O)OC. The summed E-state index contributed by atoms with van der Waals surface area (Å²) in [5, 5.41) is 0.396. The van der Waals surface area contributed by atoms with Crippen molar-refractivity contribution in [3.05, 3.63) is 40.1 Å². The first-order valence-electron chi connectivity index (χ1n) is 9.77. The number of halogens is 2. The number of nitrogens with one attached hydrogen (secondary N) is 1. The molecule has 1 amide bonds. The molecule has 164 valence electrons. The van der Waals surface area contributed by atoms with E-state index in [4.69, 9.17) is 21.1 Å². The van der Waals surface area contributed by atoms with Gasteiger partial charge in [-0.25, -0.2) is 19.1 Å². The Labute approximate surface area is 195 Å². The predicted molar refractivity (Wildman–Crippen MR) is 125 cm³/mol. The Morgan fingerprint density at radius 3 is 2.57 bits per heavy atom. The van der Waals surface area contributed by atoms with Crippen LogP contribution in [0.1, 0.15) is 45.4 Å². The highest BCUT2D eigenvalue weighted by molar-refractivity contribution is 9.10. The number of unbranched alkanes of at least 4 members (excludes halogenated alkanes) is 5. The van der Waals surface area contributed by atoms with Gasteiger partial charge in [-0.2, -0.15) is 0 Å². The van der Waals surface area contributed by atoms with Crippen molar-refractivity contribution >= 4 is 51.4 Å². The van der Waals surface area contributed by atoms with E-state index >= 15 is 0 Å². The van der Waals surface area contributed by atoms with Crippen LogP contribution in [0.4, 0.5) is 10.5 Å². The summed E-state index contributed by atoms with van der Waals surface area (Å²) in [4.78, 5) is 20.1. The molecule has 0 aliphatic heterocycles. The highest BCUT2D eigenvalue weighted by Crippen LogP contribution is 2.31. The van der Waals surface area contributed by atoms with Gasteiger partial charge in [0.05, 0.1) is 28.7 Å². The number of rotatable bonds is 12. The Kier molecular flexibility index (Phi) is 11.1. The quantitative estimate of drug-likeness (QED) is 0.238. The standard InChI is InChI=1S/C20H26BrClN4O3S/c1-3-4-5-6-7-8-11-26(20(27)28-2)30-25-16-9-10-18(17(22)12-16)29-19-23-13-15(21)14-24-19/h9-10,12-14,25H,3-8,11H2,1-2H3. The zero-order chi connectivity index (χ0) is 21.8. The van der Waals surface area contributed by atoms with E-state index in [9.17, 15) is 4.79 Å². The van der Waals surface area contributed by atoms with Gasteiger partial charge in [-0.1, -0.05) is 50.6 Å². The van der Waals surface area contributed by atoms with Gasteiger partial charge in [0, 0.05) is 24.6 Å². The van der Waals surface area contributed by atoms with E-state index in [-0.39, 0.29) is 12.1 Å². The second-order valence-corrected chi connectivity index (χ2v) is 8.61. The molecule has 0 aliphatic carbocycles. The first-order valence-corrected chi connectivity index (χ1v) is 11.7. The van der Waals surface area contributed by atoms with Gasteiger partial charge in [0.1, 0.15) is 5.75 Å². The number of aromatic nitrogens is 2. The largest absolute Gasteiger partial charge is 0.452 e. The minimum Gasteiger partial charge on any atom is -0.452 e. The van der Waals surface area contributed by atoms with Crippen LogP contribution in [-0.4, -0.2) is 34.0 Å². The first-order chi connectivity index (χ1) is 14.5. The van der Waals surface area contributed by atoms with Crippen LogP contribution in [0.15, 0.2) is 35.1 Å². The lowest BCUT2D eigenvalue weighted by Crippen LogP contribution is -2.26. The molecule has 0 saturated heterocycles. The van der Waals surface area contributed by atoms with Gasteiger partial charge < -0.3 is 14.2 Å². The van der Waals surface area contributed by atoms with E-state index in [1.54, 1.807) is 34.9 Å². The summed E-state index contributed by atoms with van der Waals surface area (Å²) in [6, 6.07) is 5.43. The summed E-state index contributed by atoms with van der Waals surface area (Å²) < 4.78 is 15.9. The minimum atomic E-state index is -0.389. The van der Waals surface area contributed by atoms with E-state index in [1.165, 1.54) is 44.9 Å². The molecule has 0 unspecified atom stereocenters. The second-order valence-electron chi connectivity index (χ2n) is 6.46. The zero-order valence-electron chi connectivity index (χ0n) is 17.1. The third-order valence-electron chi connectivity index (χ3n) is 4.10. The fourth-order valence-electron chi connectivity index (χ4n) is 2.52. The molecule has 30 heavy (non-hydrogen) atoms. The van der Waals surface area contributed by atoms with Gasteiger partial charge in [0.15, 0.2) is 0 Å². The van der Waals surface area contributed by atoms with Crippen LogP contribution >= 0.6 is 39.7 Å². The number of carbonyl (C=O) groups excluding carboxylic acids is 1. The van der Waals surface area contributed by atoms with Crippen molar-refractivity contribution in [2.45, 2.75) is 45.4 Å². The van der Waals surface area contributed by atoms with Crippen molar-refractivity contribution in [3.63, 3.8) is 0 Å². The fraction of sp³-hybridized carbons (Fsp3) is 0.450. The lowest BCUT2D eigenvalue weighted by atomic mass is 10.1. The second kappa shape index (κ2) is 13.6. The molecule has 0 fully saturated rings. The molecule has 7 nitrogen and oxygen atoms in total. The minimum absolute atomic E-state index is 0.200. The Morgan fingerprint density at radius 2 is 1.90 bits per heavy atom. The Bertz CT molecular complexity index is 798. The van der Waals surface area contributed by atoms with Gasteiger partial charge in [-0.3, -0.25) is 0 Å². The Morgan fingerprint density at radius 1 is 1.20 bits per heavy atom. The van der Waals surface area contributed by atoms with Gasteiger partial charge in [0.25, 0.3) is 0 Å². The molecule has 10 heteroatoms. The average molecular weight is 518 g/mol. The topological polar surface area (TPSA) is 76.6 Å². The van der Waals surface area contributed by atoms with Crippen LogP contribution in [0.2, 0.25) is 5.02 Å². The summed E-state index contributed by atoms with van der Waals surface area (Å²) >= 11 is 10.8. The lowest BCUT2D eigenvalue weighted by molar-refractivity contribution is 0.151. The number of ether oxygens (including phenoxy) is 2. The number of nitrogens with zero attached hydrogens (tertiary/aromatic N) is 3. The molecular formula is C20H26BrClN4O3S. The van der Waals surface area contributed by atoms with Gasteiger partial charge in [-0.05, 0) is 40.5 Å². The van der Waals surface area contributed by atoms with E-state index in [0.29, 0.717) is 17.3 Å². The van der Waals surface area contributed by atoms with Crippen molar-refractivity contribution in [1.29, 1.82) is 0 Å². The summed E-state index contributed by atoms with van der Waals surface area (Å²) in [6.07, 6.45) is 9.69. The van der Waals surface area contributed by atoms with Crippen molar-refractivity contribution in [2.75, 3.05) is 18.4 Å². The van der Waals surface area contributed by atoms with E-state index < -0.39 is 0 Å². The highest BCUT2D eigenvalue weighted by atomic mass is 79.9. The number of anilines is 1. The van der Waals surface area contributed by atoms with Crippen LogP contribution in [0.25, 0.3) is 0 Å². The number of hydrogen-bond donors (Lipinski definition) is 1. The van der Waals surface area contributed by atoms with E-state index in [1.807, 2.05) is 0 Å². The molecule has 2 rings (SSSR count). The zero-order valence-corrected chi connectivity index (χ0v) is 20.2. The summed E-state index contributed by atoms with van der Waals surface area (Å²) in [7, 11) is 1.38. The molecule has 0 aliphatic rings. The highest BCUT2D eigenvalue weighted by Gasteiger charge is 2.15. The normalized spacial score (nSPS) is 10.5. The average Bonchev–Trinajstić information content (AvgIpc) is 2.75. The predicted octanol–water partition coefficient (Wildman–Crippen LogP) is 7.09. The Hall–Kier alpha value is -1.71. The molecule has 2 aromatic rings.